The fraction of sp³-hybridized carbons (Fsp3) is 0.450. The number of aromatic amines is 1. The number of Topliss-reactive ketones (excluding diaryl/α,β-unsaturated/α-hetero) is 1. The molecule has 25 heavy (non-hydrogen) atoms. The van der Waals surface area contributed by atoms with Crippen LogP contribution in [0.4, 0.5) is 0 Å². The molecule has 0 unspecified atom stereocenters. The lowest BCUT2D eigenvalue weighted by molar-refractivity contribution is -0.126. The fourth-order valence-corrected chi connectivity index (χ4v) is 4.42. The van der Waals surface area contributed by atoms with Crippen molar-refractivity contribution in [1.29, 1.82) is 0 Å². The quantitative estimate of drug-likeness (QED) is 0.915. The van der Waals surface area contributed by atoms with E-state index in [4.69, 9.17) is 0 Å². The first kappa shape index (κ1) is 16.1. The van der Waals surface area contributed by atoms with Gasteiger partial charge in [0.15, 0.2) is 0 Å². The molecule has 2 fully saturated rings. The van der Waals surface area contributed by atoms with Gasteiger partial charge in [0.25, 0.3) is 5.91 Å². The van der Waals surface area contributed by atoms with E-state index < -0.39 is 0 Å². The molecule has 1 aliphatic carbocycles. The highest BCUT2D eigenvalue weighted by Gasteiger charge is 2.39. The standard InChI is InChI=1S/C20H22N2O3/c23-18-10-4-2-7-14(18)17-9-5-11-22(17)20(25)15-12-19(24)21-16-8-3-1-6-13(15)16/h1,3,6,8,12,14,17H,2,4-5,7,9-11H2,(H,21,24)/t14-,17-/m0/s1. The van der Waals surface area contributed by atoms with Crippen molar-refractivity contribution in [2.24, 2.45) is 5.92 Å². The molecular formula is C20H22N2O3. The van der Waals surface area contributed by atoms with Crippen LogP contribution in [0, 0.1) is 5.92 Å². The second-order valence-corrected chi connectivity index (χ2v) is 7.12. The summed E-state index contributed by atoms with van der Waals surface area (Å²) in [5.41, 5.74) is 0.837. The largest absolute Gasteiger partial charge is 0.335 e. The van der Waals surface area contributed by atoms with Crippen molar-refractivity contribution >= 4 is 22.6 Å². The highest BCUT2D eigenvalue weighted by atomic mass is 16.2. The zero-order valence-electron chi connectivity index (χ0n) is 14.2. The fourth-order valence-electron chi connectivity index (χ4n) is 4.42. The number of amides is 1. The predicted molar refractivity (Wildman–Crippen MR) is 95.6 cm³/mol. The van der Waals surface area contributed by atoms with Crippen molar-refractivity contribution in [2.45, 2.75) is 44.6 Å². The van der Waals surface area contributed by atoms with Gasteiger partial charge in [0, 0.05) is 41.9 Å². The van der Waals surface area contributed by atoms with Gasteiger partial charge in [-0.25, -0.2) is 0 Å². The van der Waals surface area contributed by atoms with E-state index in [1.807, 2.05) is 23.1 Å². The number of para-hydroxylation sites is 1. The Bertz CT molecular complexity index is 886. The summed E-state index contributed by atoms with van der Waals surface area (Å²) in [7, 11) is 0. The van der Waals surface area contributed by atoms with Gasteiger partial charge in [-0.2, -0.15) is 0 Å². The Kier molecular flexibility index (Phi) is 4.15. The van der Waals surface area contributed by atoms with Gasteiger partial charge < -0.3 is 9.88 Å². The van der Waals surface area contributed by atoms with E-state index in [1.165, 1.54) is 6.07 Å². The van der Waals surface area contributed by atoms with E-state index >= 15 is 0 Å². The number of H-pyrrole nitrogens is 1. The molecule has 1 N–H and O–H groups in total. The molecular weight excluding hydrogens is 316 g/mol. The predicted octanol–water partition coefficient (Wildman–Crippen LogP) is 2.89. The van der Waals surface area contributed by atoms with Gasteiger partial charge in [0.2, 0.25) is 5.56 Å². The summed E-state index contributed by atoms with van der Waals surface area (Å²) in [4.78, 5) is 42.2. The SMILES string of the molecule is O=C1CCCC[C@H]1[C@@H]1CCCN1C(=O)c1cc(=O)[nH]c2ccccc12. The van der Waals surface area contributed by atoms with Gasteiger partial charge in [-0.1, -0.05) is 24.6 Å². The first-order chi connectivity index (χ1) is 12.1. The third-order valence-corrected chi connectivity index (χ3v) is 5.61. The third kappa shape index (κ3) is 2.88. The topological polar surface area (TPSA) is 70.2 Å². The van der Waals surface area contributed by atoms with E-state index in [9.17, 15) is 14.4 Å². The molecule has 2 aliphatic rings. The van der Waals surface area contributed by atoms with Crippen LogP contribution in [0.15, 0.2) is 35.1 Å². The van der Waals surface area contributed by atoms with E-state index in [-0.39, 0.29) is 23.4 Å². The van der Waals surface area contributed by atoms with E-state index in [2.05, 4.69) is 4.98 Å². The maximum absolute atomic E-state index is 13.2. The van der Waals surface area contributed by atoms with Crippen molar-refractivity contribution in [3.63, 3.8) is 0 Å². The Morgan fingerprint density at radius 2 is 1.92 bits per heavy atom. The molecule has 0 radical (unpaired) electrons. The minimum atomic E-state index is -0.272. The van der Waals surface area contributed by atoms with Crippen molar-refractivity contribution < 1.29 is 9.59 Å². The number of rotatable bonds is 2. The molecule has 1 aromatic carbocycles. The number of hydrogen-bond donors (Lipinski definition) is 1. The van der Waals surface area contributed by atoms with Gasteiger partial charge in [-0.3, -0.25) is 14.4 Å². The van der Waals surface area contributed by atoms with Gasteiger partial charge in [0.05, 0.1) is 5.56 Å². The van der Waals surface area contributed by atoms with Crippen LogP contribution in [0.2, 0.25) is 0 Å². The first-order valence-electron chi connectivity index (χ1n) is 9.11. The minimum absolute atomic E-state index is 0.0154. The summed E-state index contributed by atoms with van der Waals surface area (Å²) in [5.74, 6) is 0.142. The van der Waals surface area contributed by atoms with Crippen LogP contribution in [0.25, 0.3) is 10.9 Å². The van der Waals surface area contributed by atoms with Crippen LogP contribution < -0.4 is 5.56 Å². The number of benzene rings is 1. The van der Waals surface area contributed by atoms with Crippen LogP contribution in [0.1, 0.15) is 48.9 Å². The smallest absolute Gasteiger partial charge is 0.255 e. The number of nitrogens with zero attached hydrogens (tertiary/aromatic N) is 1. The Morgan fingerprint density at radius 3 is 2.76 bits per heavy atom. The molecule has 2 aromatic rings. The normalized spacial score (nSPS) is 24.0. The number of ketones is 1. The monoisotopic (exact) mass is 338 g/mol. The third-order valence-electron chi connectivity index (χ3n) is 5.61. The van der Waals surface area contributed by atoms with E-state index in [1.54, 1.807) is 6.07 Å². The average molecular weight is 338 g/mol. The maximum Gasteiger partial charge on any atom is 0.255 e. The Hall–Kier alpha value is -2.43. The maximum atomic E-state index is 13.2. The lowest BCUT2D eigenvalue weighted by Crippen LogP contribution is -2.44. The summed E-state index contributed by atoms with van der Waals surface area (Å²) in [6, 6.07) is 8.74. The summed E-state index contributed by atoms with van der Waals surface area (Å²) in [5, 5.41) is 0.757. The molecule has 5 heteroatoms. The number of carbonyl (C=O) groups is 2. The summed E-state index contributed by atoms with van der Waals surface area (Å²) in [6.07, 6.45) is 5.34. The number of carbonyl (C=O) groups excluding carboxylic acids is 2. The molecule has 2 atom stereocenters. The van der Waals surface area contributed by atoms with Crippen molar-refractivity contribution in [1.82, 2.24) is 9.88 Å². The molecule has 4 rings (SSSR count). The van der Waals surface area contributed by atoms with Crippen LogP contribution in [-0.2, 0) is 4.79 Å². The van der Waals surface area contributed by atoms with Gasteiger partial charge in [-0.15, -0.1) is 0 Å². The number of fused-ring (bicyclic) bond motifs is 1. The molecule has 0 spiro atoms. The van der Waals surface area contributed by atoms with Crippen LogP contribution in [0.5, 0.6) is 0 Å². The zero-order valence-corrected chi connectivity index (χ0v) is 14.2. The van der Waals surface area contributed by atoms with E-state index in [0.29, 0.717) is 29.8 Å². The molecule has 2 heterocycles. The van der Waals surface area contributed by atoms with E-state index in [0.717, 1.165) is 37.5 Å². The molecule has 1 aliphatic heterocycles. The highest BCUT2D eigenvalue weighted by Crippen LogP contribution is 2.33. The van der Waals surface area contributed by atoms with Gasteiger partial charge in [-0.05, 0) is 31.7 Å². The molecule has 1 amide bonds. The summed E-state index contributed by atoms with van der Waals surface area (Å²) >= 11 is 0. The Labute approximate surface area is 146 Å². The lowest BCUT2D eigenvalue weighted by Gasteiger charge is -2.33. The Morgan fingerprint density at radius 1 is 1.08 bits per heavy atom. The summed E-state index contributed by atoms with van der Waals surface area (Å²) in [6.45, 7) is 0.661. The minimum Gasteiger partial charge on any atom is -0.335 e. The first-order valence-corrected chi connectivity index (χ1v) is 9.11. The number of aromatic nitrogens is 1. The molecule has 1 saturated carbocycles. The molecule has 1 saturated heterocycles. The van der Waals surface area contributed by atoms with Crippen molar-refractivity contribution in [3.05, 3.63) is 46.2 Å². The zero-order chi connectivity index (χ0) is 17.4. The second kappa shape index (κ2) is 6.47. The molecule has 130 valence electrons. The van der Waals surface area contributed by atoms with Gasteiger partial charge in [0.1, 0.15) is 5.78 Å². The van der Waals surface area contributed by atoms with Crippen LogP contribution in [-0.4, -0.2) is 34.2 Å². The number of pyridine rings is 1. The number of hydrogen-bond acceptors (Lipinski definition) is 3. The van der Waals surface area contributed by atoms with Gasteiger partial charge >= 0.3 is 0 Å². The molecule has 5 nitrogen and oxygen atoms in total. The van der Waals surface area contributed by atoms with Crippen molar-refractivity contribution in [3.8, 4) is 0 Å². The summed E-state index contributed by atoms with van der Waals surface area (Å²) < 4.78 is 0. The lowest BCUT2D eigenvalue weighted by atomic mass is 9.81. The molecule has 0 bridgehead atoms. The van der Waals surface area contributed by atoms with Crippen molar-refractivity contribution in [2.75, 3.05) is 6.54 Å². The van der Waals surface area contributed by atoms with Crippen LogP contribution >= 0.6 is 0 Å². The molecule has 1 aromatic heterocycles. The second-order valence-electron chi connectivity index (χ2n) is 7.12. The van der Waals surface area contributed by atoms with Crippen LogP contribution in [0.3, 0.4) is 0 Å². The highest BCUT2D eigenvalue weighted by molar-refractivity contribution is 6.06. The number of nitrogens with one attached hydrogen (secondary N) is 1. The number of likely N-dealkylation sites (tertiary alicyclic amines) is 1. The average Bonchev–Trinajstić information content (AvgIpc) is 3.10. The Balaban J connectivity index is 1.71.